The summed E-state index contributed by atoms with van der Waals surface area (Å²) in [5, 5.41) is 3.14. The van der Waals surface area contributed by atoms with Gasteiger partial charge < -0.3 is 4.98 Å². The lowest BCUT2D eigenvalue weighted by atomic mass is 10.1. The molecule has 2 aromatic heterocycles. The lowest BCUT2D eigenvalue weighted by Crippen LogP contribution is -1.80. The Morgan fingerprint density at radius 2 is 2.12 bits per heavy atom. The minimum absolute atomic E-state index is 1.03. The summed E-state index contributed by atoms with van der Waals surface area (Å²) in [5.74, 6) is 0. The van der Waals surface area contributed by atoms with Gasteiger partial charge in [-0.15, -0.1) is 11.3 Å². The number of benzene rings is 1. The summed E-state index contributed by atoms with van der Waals surface area (Å²) in [5.41, 5.74) is 4.56. The molecule has 1 N–H and O–H groups in total. The van der Waals surface area contributed by atoms with Crippen LogP contribution in [-0.4, -0.2) is 9.97 Å². The Kier molecular flexibility index (Phi) is 2.53. The second-order valence-electron chi connectivity index (χ2n) is 3.99. The van der Waals surface area contributed by atoms with Gasteiger partial charge in [0.1, 0.15) is 5.01 Å². The third-order valence-electron chi connectivity index (χ3n) is 2.65. The predicted molar refractivity (Wildman–Crippen MR) is 72.1 cm³/mol. The van der Waals surface area contributed by atoms with Gasteiger partial charge in [0, 0.05) is 17.1 Å². The van der Waals surface area contributed by atoms with Crippen molar-refractivity contribution < 1.29 is 0 Å². The number of aryl methyl sites for hydroxylation is 1. The van der Waals surface area contributed by atoms with Gasteiger partial charge in [-0.2, -0.15) is 0 Å². The monoisotopic (exact) mass is 240 g/mol. The Labute approximate surface area is 104 Å². The second-order valence-corrected chi connectivity index (χ2v) is 4.85. The SMILES string of the molecule is Cc1cccc(-c2csc(-c3ccc[nH]3)n2)c1. The fourth-order valence-corrected chi connectivity index (χ4v) is 2.61. The molecule has 0 fully saturated rings. The van der Waals surface area contributed by atoms with Gasteiger partial charge in [0.05, 0.1) is 11.4 Å². The Morgan fingerprint density at radius 3 is 2.88 bits per heavy atom. The highest BCUT2D eigenvalue weighted by Gasteiger charge is 2.06. The Bertz CT molecular complexity index is 623. The average molecular weight is 240 g/mol. The molecule has 84 valence electrons. The van der Waals surface area contributed by atoms with Crippen molar-refractivity contribution >= 4 is 11.3 Å². The van der Waals surface area contributed by atoms with E-state index >= 15 is 0 Å². The normalized spacial score (nSPS) is 10.6. The molecule has 17 heavy (non-hydrogen) atoms. The van der Waals surface area contributed by atoms with E-state index in [0.29, 0.717) is 0 Å². The van der Waals surface area contributed by atoms with E-state index in [2.05, 4.69) is 46.5 Å². The number of H-pyrrole nitrogens is 1. The molecule has 0 spiro atoms. The first-order valence-corrected chi connectivity index (χ1v) is 6.37. The van der Waals surface area contributed by atoms with Gasteiger partial charge in [-0.05, 0) is 25.1 Å². The molecule has 0 amide bonds. The minimum atomic E-state index is 1.03. The molecule has 3 rings (SSSR count). The molecule has 2 nitrogen and oxygen atoms in total. The summed E-state index contributed by atoms with van der Waals surface area (Å²) in [6, 6.07) is 12.5. The van der Waals surface area contributed by atoms with Crippen molar-refractivity contribution in [3.63, 3.8) is 0 Å². The van der Waals surface area contributed by atoms with E-state index in [4.69, 9.17) is 0 Å². The number of nitrogens with zero attached hydrogens (tertiary/aromatic N) is 1. The van der Waals surface area contributed by atoms with Crippen LogP contribution >= 0.6 is 11.3 Å². The first kappa shape index (κ1) is 10.3. The summed E-state index contributed by atoms with van der Waals surface area (Å²) in [6.45, 7) is 2.10. The summed E-state index contributed by atoms with van der Waals surface area (Å²) >= 11 is 1.67. The van der Waals surface area contributed by atoms with Crippen molar-refractivity contribution in [3.8, 4) is 22.0 Å². The molecular weight excluding hydrogens is 228 g/mol. The van der Waals surface area contributed by atoms with Crippen molar-refractivity contribution in [2.75, 3.05) is 0 Å². The molecule has 0 bridgehead atoms. The molecule has 2 heterocycles. The van der Waals surface area contributed by atoms with Gasteiger partial charge in [-0.1, -0.05) is 23.8 Å². The standard InChI is InChI=1S/C14H12N2S/c1-10-4-2-5-11(8-10)13-9-17-14(16-13)12-6-3-7-15-12/h2-9,15H,1H3. The zero-order valence-corrected chi connectivity index (χ0v) is 10.3. The zero-order valence-electron chi connectivity index (χ0n) is 9.47. The highest BCUT2D eigenvalue weighted by Crippen LogP contribution is 2.28. The molecule has 0 unspecified atom stereocenters. The second kappa shape index (κ2) is 4.18. The number of aromatic amines is 1. The van der Waals surface area contributed by atoms with Gasteiger partial charge in [-0.25, -0.2) is 4.98 Å². The average Bonchev–Trinajstić information content (AvgIpc) is 3.00. The van der Waals surface area contributed by atoms with Crippen LogP contribution in [0.2, 0.25) is 0 Å². The van der Waals surface area contributed by atoms with E-state index in [1.807, 2.05) is 18.3 Å². The molecule has 3 aromatic rings. The van der Waals surface area contributed by atoms with Gasteiger partial charge in [0.2, 0.25) is 0 Å². The highest BCUT2D eigenvalue weighted by molar-refractivity contribution is 7.13. The number of rotatable bonds is 2. The van der Waals surface area contributed by atoms with Crippen molar-refractivity contribution in [2.24, 2.45) is 0 Å². The van der Waals surface area contributed by atoms with E-state index in [9.17, 15) is 0 Å². The molecule has 1 aromatic carbocycles. The molecule has 0 aliphatic rings. The molecule has 3 heteroatoms. The van der Waals surface area contributed by atoms with Gasteiger partial charge in [0.15, 0.2) is 0 Å². The Balaban J connectivity index is 2.01. The number of thiazole rings is 1. The van der Waals surface area contributed by atoms with E-state index < -0.39 is 0 Å². The first-order valence-electron chi connectivity index (χ1n) is 5.49. The largest absolute Gasteiger partial charge is 0.359 e. The molecule has 0 aliphatic carbocycles. The molecule has 0 radical (unpaired) electrons. The number of nitrogens with one attached hydrogen (secondary N) is 1. The summed E-state index contributed by atoms with van der Waals surface area (Å²) in [6.07, 6.45) is 1.92. The van der Waals surface area contributed by atoms with Crippen LogP contribution in [0.1, 0.15) is 5.56 Å². The summed E-state index contributed by atoms with van der Waals surface area (Å²) < 4.78 is 0. The minimum Gasteiger partial charge on any atom is -0.359 e. The molecular formula is C14H12N2S. The van der Waals surface area contributed by atoms with Crippen LogP contribution in [0.4, 0.5) is 0 Å². The maximum atomic E-state index is 4.65. The summed E-state index contributed by atoms with van der Waals surface area (Å²) in [4.78, 5) is 7.83. The van der Waals surface area contributed by atoms with Crippen LogP contribution in [-0.2, 0) is 0 Å². The van der Waals surface area contributed by atoms with Gasteiger partial charge >= 0.3 is 0 Å². The van der Waals surface area contributed by atoms with E-state index in [-0.39, 0.29) is 0 Å². The van der Waals surface area contributed by atoms with E-state index in [0.717, 1.165) is 16.4 Å². The van der Waals surface area contributed by atoms with Crippen LogP contribution in [0.15, 0.2) is 48.0 Å². The predicted octanol–water partition coefficient (Wildman–Crippen LogP) is 4.11. The fraction of sp³-hybridized carbons (Fsp3) is 0.0714. The fourth-order valence-electron chi connectivity index (χ4n) is 1.80. The number of hydrogen-bond acceptors (Lipinski definition) is 2. The van der Waals surface area contributed by atoms with E-state index in [1.165, 1.54) is 11.1 Å². The van der Waals surface area contributed by atoms with Gasteiger partial charge in [0.25, 0.3) is 0 Å². The van der Waals surface area contributed by atoms with Crippen molar-refractivity contribution in [1.82, 2.24) is 9.97 Å². The van der Waals surface area contributed by atoms with Crippen LogP contribution in [0.3, 0.4) is 0 Å². The zero-order chi connectivity index (χ0) is 11.7. The van der Waals surface area contributed by atoms with E-state index in [1.54, 1.807) is 11.3 Å². The number of aromatic nitrogens is 2. The number of hydrogen-bond donors (Lipinski definition) is 1. The smallest absolute Gasteiger partial charge is 0.140 e. The maximum absolute atomic E-state index is 4.65. The lowest BCUT2D eigenvalue weighted by molar-refractivity contribution is 1.33. The third-order valence-corrected chi connectivity index (χ3v) is 3.52. The molecule has 0 saturated heterocycles. The third kappa shape index (κ3) is 2.01. The van der Waals surface area contributed by atoms with Crippen molar-refractivity contribution in [2.45, 2.75) is 6.92 Å². The Hall–Kier alpha value is -1.87. The van der Waals surface area contributed by atoms with Gasteiger partial charge in [-0.3, -0.25) is 0 Å². The van der Waals surface area contributed by atoms with Crippen LogP contribution in [0, 0.1) is 6.92 Å². The first-order chi connectivity index (χ1) is 8.33. The van der Waals surface area contributed by atoms with Crippen LogP contribution in [0.25, 0.3) is 22.0 Å². The lowest BCUT2D eigenvalue weighted by Gasteiger charge is -1.97. The highest BCUT2D eigenvalue weighted by atomic mass is 32.1. The van der Waals surface area contributed by atoms with Crippen LogP contribution in [0.5, 0.6) is 0 Å². The molecule has 0 saturated carbocycles. The van der Waals surface area contributed by atoms with Crippen molar-refractivity contribution in [3.05, 3.63) is 53.5 Å². The molecule has 0 aliphatic heterocycles. The topological polar surface area (TPSA) is 28.7 Å². The summed E-state index contributed by atoms with van der Waals surface area (Å²) in [7, 11) is 0. The Morgan fingerprint density at radius 1 is 1.18 bits per heavy atom. The van der Waals surface area contributed by atoms with Crippen molar-refractivity contribution in [1.29, 1.82) is 0 Å². The quantitative estimate of drug-likeness (QED) is 0.717. The molecule has 0 atom stereocenters. The maximum Gasteiger partial charge on any atom is 0.140 e. The van der Waals surface area contributed by atoms with Crippen LogP contribution < -0.4 is 0 Å².